The van der Waals surface area contributed by atoms with Gasteiger partial charge in [-0.25, -0.2) is 0 Å². The van der Waals surface area contributed by atoms with Gasteiger partial charge in [0.2, 0.25) is 0 Å². The molecule has 25 heavy (non-hydrogen) atoms. The molecule has 0 atom stereocenters. The second-order valence-electron chi connectivity index (χ2n) is 6.36. The first-order valence-corrected chi connectivity index (χ1v) is 8.15. The van der Waals surface area contributed by atoms with Crippen molar-refractivity contribution in [1.29, 1.82) is 5.26 Å². The molecule has 0 aliphatic rings. The van der Waals surface area contributed by atoms with Gasteiger partial charge in [0.1, 0.15) is 11.6 Å². The first kappa shape index (κ1) is 18.3. The molecule has 2 aromatic rings. The van der Waals surface area contributed by atoms with Gasteiger partial charge in [0.05, 0.1) is 0 Å². The Balaban J connectivity index is 2.22. The molecular weight excluding hydrogens is 310 g/mol. The van der Waals surface area contributed by atoms with Gasteiger partial charge in [0, 0.05) is 17.6 Å². The Kier molecular flexibility index (Phi) is 5.61. The summed E-state index contributed by atoms with van der Waals surface area (Å²) in [5, 5.41) is 15.3. The maximum Gasteiger partial charge on any atom is 0.267 e. The first-order valence-electron chi connectivity index (χ1n) is 8.15. The van der Waals surface area contributed by atoms with Crippen LogP contribution in [0.2, 0.25) is 0 Å². The average molecular weight is 333 g/mol. The molecular formula is C21H23N3O. The van der Waals surface area contributed by atoms with Crippen molar-refractivity contribution in [2.75, 3.05) is 10.6 Å². The van der Waals surface area contributed by atoms with E-state index < -0.39 is 5.91 Å². The molecule has 2 N–H and O–H groups in total. The third-order valence-electron chi connectivity index (χ3n) is 4.05. The predicted molar refractivity (Wildman–Crippen MR) is 103 cm³/mol. The molecule has 128 valence electrons. The number of carbonyl (C=O) groups is 1. The van der Waals surface area contributed by atoms with Crippen molar-refractivity contribution in [3.63, 3.8) is 0 Å². The fourth-order valence-electron chi connectivity index (χ4n) is 2.75. The van der Waals surface area contributed by atoms with Crippen LogP contribution in [0.1, 0.15) is 27.8 Å². The second-order valence-corrected chi connectivity index (χ2v) is 6.36. The first-order chi connectivity index (χ1) is 11.8. The van der Waals surface area contributed by atoms with Gasteiger partial charge in [-0.2, -0.15) is 5.26 Å². The van der Waals surface area contributed by atoms with Crippen LogP contribution in [0.3, 0.4) is 0 Å². The molecule has 4 heteroatoms. The summed E-state index contributed by atoms with van der Waals surface area (Å²) < 4.78 is 0. The summed E-state index contributed by atoms with van der Waals surface area (Å²) in [7, 11) is 0. The van der Waals surface area contributed by atoms with Crippen molar-refractivity contribution in [2.45, 2.75) is 34.6 Å². The normalized spacial score (nSPS) is 11.0. The Morgan fingerprint density at radius 3 is 2.20 bits per heavy atom. The molecule has 4 nitrogen and oxygen atoms in total. The number of hydrogen-bond donors (Lipinski definition) is 2. The molecule has 0 aliphatic carbocycles. The third-order valence-corrected chi connectivity index (χ3v) is 4.05. The smallest absolute Gasteiger partial charge is 0.267 e. The zero-order chi connectivity index (χ0) is 18.6. The van der Waals surface area contributed by atoms with E-state index in [2.05, 4.69) is 10.6 Å². The van der Waals surface area contributed by atoms with Crippen molar-refractivity contribution in [3.05, 3.63) is 69.9 Å². The van der Waals surface area contributed by atoms with Crippen LogP contribution < -0.4 is 10.6 Å². The van der Waals surface area contributed by atoms with Crippen LogP contribution in [0.5, 0.6) is 0 Å². The largest absolute Gasteiger partial charge is 0.360 e. The van der Waals surface area contributed by atoms with E-state index in [9.17, 15) is 10.1 Å². The Bertz CT molecular complexity index is 865. The number of hydrogen-bond acceptors (Lipinski definition) is 3. The van der Waals surface area contributed by atoms with Crippen LogP contribution in [0.15, 0.2) is 42.1 Å². The lowest BCUT2D eigenvalue weighted by Gasteiger charge is -2.13. The summed E-state index contributed by atoms with van der Waals surface area (Å²) in [6, 6.07) is 12.0. The van der Waals surface area contributed by atoms with Gasteiger partial charge in [0.15, 0.2) is 0 Å². The maximum absolute atomic E-state index is 12.5. The van der Waals surface area contributed by atoms with Gasteiger partial charge in [-0.15, -0.1) is 0 Å². The fraction of sp³-hybridized carbons (Fsp3) is 0.238. The predicted octanol–water partition coefficient (Wildman–Crippen LogP) is 4.69. The highest BCUT2D eigenvalue weighted by Gasteiger charge is 2.13. The van der Waals surface area contributed by atoms with Crippen LogP contribution in [-0.2, 0) is 4.79 Å². The molecule has 0 bridgehead atoms. The quantitative estimate of drug-likeness (QED) is 0.630. The van der Waals surface area contributed by atoms with Crippen LogP contribution in [0.25, 0.3) is 0 Å². The van der Waals surface area contributed by atoms with E-state index in [0.29, 0.717) is 0 Å². The highest BCUT2D eigenvalue weighted by molar-refractivity contribution is 6.07. The minimum Gasteiger partial charge on any atom is -0.360 e. The molecule has 0 radical (unpaired) electrons. The summed E-state index contributed by atoms with van der Waals surface area (Å²) in [6.45, 7) is 9.87. The number of benzene rings is 2. The van der Waals surface area contributed by atoms with E-state index in [0.717, 1.165) is 39.2 Å². The lowest BCUT2D eigenvalue weighted by atomic mass is 10.0. The van der Waals surface area contributed by atoms with Gasteiger partial charge in [-0.3, -0.25) is 4.79 Å². The maximum atomic E-state index is 12.5. The lowest BCUT2D eigenvalue weighted by molar-refractivity contribution is -0.112. The Morgan fingerprint density at radius 2 is 1.60 bits per heavy atom. The minimum absolute atomic E-state index is 0.0280. The number of amides is 1. The summed E-state index contributed by atoms with van der Waals surface area (Å²) >= 11 is 0. The Morgan fingerprint density at radius 1 is 0.960 bits per heavy atom. The zero-order valence-corrected chi connectivity index (χ0v) is 15.3. The van der Waals surface area contributed by atoms with Crippen molar-refractivity contribution in [3.8, 4) is 6.07 Å². The summed E-state index contributed by atoms with van der Waals surface area (Å²) in [5.41, 5.74) is 6.91. The topological polar surface area (TPSA) is 64.9 Å². The zero-order valence-electron chi connectivity index (χ0n) is 15.3. The highest BCUT2D eigenvalue weighted by atomic mass is 16.1. The SMILES string of the molecule is Cc1cc(C)c(NC(=O)/C(C#N)=C\Nc2cc(C)ccc2C)c(C)c1. The van der Waals surface area contributed by atoms with Gasteiger partial charge in [0.25, 0.3) is 5.91 Å². The van der Waals surface area contributed by atoms with E-state index in [1.165, 1.54) is 6.20 Å². The molecule has 0 saturated heterocycles. The number of anilines is 2. The second kappa shape index (κ2) is 7.67. The summed E-state index contributed by atoms with van der Waals surface area (Å²) in [6.07, 6.45) is 1.45. The van der Waals surface area contributed by atoms with Crippen LogP contribution in [0.4, 0.5) is 11.4 Å². The van der Waals surface area contributed by atoms with E-state index >= 15 is 0 Å². The number of nitrogens with one attached hydrogen (secondary N) is 2. The third kappa shape index (κ3) is 4.48. The van der Waals surface area contributed by atoms with Gasteiger partial charge < -0.3 is 10.6 Å². The summed E-state index contributed by atoms with van der Waals surface area (Å²) in [4.78, 5) is 12.5. The number of aryl methyl sites for hydroxylation is 5. The van der Waals surface area contributed by atoms with Crippen LogP contribution in [-0.4, -0.2) is 5.91 Å². The standard InChI is InChI=1S/C21H23N3O/c1-13-6-7-15(3)19(10-13)23-12-18(11-22)21(25)24-20-16(4)8-14(2)9-17(20)5/h6-10,12,23H,1-5H3,(H,24,25)/b18-12-. The number of nitriles is 1. The molecule has 2 aromatic carbocycles. The molecule has 0 saturated carbocycles. The number of rotatable bonds is 4. The van der Waals surface area contributed by atoms with Crippen molar-refractivity contribution in [2.24, 2.45) is 0 Å². The van der Waals surface area contributed by atoms with E-state index in [1.54, 1.807) is 0 Å². The van der Waals surface area contributed by atoms with E-state index in [-0.39, 0.29) is 5.57 Å². The van der Waals surface area contributed by atoms with Crippen LogP contribution in [0, 0.1) is 45.9 Å². The van der Waals surface area contributed by atoms with E-state index in [1.807, 2.05) is 71.0 Å². The van der Waals surface area contributed by atoms with Gasteiger partial charge >= 0.3 is 0 Å². The van der Waals surface area contributed by atoms with Gasteiger partial charge in [-0.05, 0) is 62.9 Å². The molecule has 2 rings (SSSR count). The minimum atomic E-state index is -0.421. The van der Waals surface area contributed by atoms with Crippen molar-refractivity contribution in [1.82, 2.24) is 0 Å². The van der Waals surface area contributed by atoms with Crippen LogP contribution >= 0.6 is 0 Å². The molecule has 0 fully saturated rings. The Labute approximate surface area is 149 Å². The number of nitrogens with zero attached hydrogens (tertiary/aromatic N) is 1. The van der Waals surface area contributed by atoms with Crippen molar-refractivity contribution < 1.29 is 4.79 Å². The van der Waals surface area contributed by atoms with Gasteiger partial charge in [-0.1, -0.05) is 29.8 Å². The molecule has 0 spiro atoms. The monoisotopic (exact) mass is 333 g/mol. The Hall–Kier alpha value is -3.06. The van der Waals surface area contributed by atoms with Crippen molar-refractivity contribution >= 4 is 17.3 Å². The fourth-order valence-corrected chi connectivity index (χ4v) is 2.75. The molecule has 0 heterocycles. The highest BCUT2D eigenvalue weighted by Crippen LogP contribution is 2.22. The summed E-state index contributed by atoms with van der Waals surface area (Å²) in [5.74, 6) is -0.421. The lowest BCUT2D eigenvalue weighted by Crippen LogP contribution is -2.16. The number of carbonyl (C=O) groups excluding carboxylic acids is 1. The molecule has 0 unspecified atom stereocenters. The molecule has 1 amide bonds. The average Bonchev–Trinajstić information content (AvgIpc) is 2.54. The molecule has 0 aromatic heterocycles. The molecule has 0 aliphatic heterocycles. The van der Waals surface area contributed by atoms with E-state index in [4.69, 9.17) is 0 Å².